The number of hydrogen-bond donors (Lipinski definition) is 5. The maximum Gasteiger partial charge on any atom is 0.343 e. The fraction of sp³-hybridized carbons (Fsp3) is 0.696. The monoisotopic (exact) mass is 1280 g/mol. The van der Waals surface area contributed by atoms with Gasteiger partial charge in [0, 0.05) is 155 Å². The molecule has 430 valence electrons. The van der Waals surface area contributed by atoms with Crippen LogP contribution in [0.3, 0.4) is 0 Å². The van der Waals surface area contributed by atoms with Gasteiger partial charge in [-0.3, -0.25) is 18.7 Å². The number of alkyl halides is 10. The number of aryl methyl sites for hydroxylation is 1. The number of nitrogens with zero attached hydrogens (tertiary/aromatic N) is 5. The van der Waals surface area contributed by atoms with Crippen molar-refractivity contribution in [2.45, 2.75) is 44.6 Å². The van der Waals surface area contributed by atoms with Crippen molar-refractivity contribution in [3.8, 4) is 0 Å². The molecule has 2 saturated heterocycles. The van der Waals surface area contributed by atoms with Crippen LogP contribution in [0.15, 0.2) is 48.5 Å². The van der Waals surface area contributed by atoms with Crippen molar-refractivity contribution in [3.63, 3.8) is 0 Å². The fourth-order valence-electron chi connectivity index (χ4n) is 6.65. The number of halogens is 10. The van der Waals surface area contributed by atoms with Crippen molar-refractivity contribution < 1.29 is 38.0 Å². The second-order valence-corrected chi connectivity index (χ2v) is 24.2. The Balaban J connectivity index is 0.000000922. The van der Waals surface area contributed by atoms with E-state index in [1.165, 1.54) is 0 Å². The Kier molecular flexibility index (Phi) is 46.8. The number of aliphatic carboxylic acids is 2. The van der Waals surface area contributed by atoms with Gasteiger partial charge in [-0.1, -0.05) is 24.3 Å². The Morgan fingerprint density at radius 3 is 1.55 bits per heavy atom. The van der Waals surface area contributed by atoms with E-state index in [-0.39, 0.29) is 6.42 Å². The van der Waals surface area contributed by atoms with Crippen molar-refractivity contribution in [1.82, 2.24) is 24.4 Å². The zero-order valence-corrected chi connectivity index (χ0v) is 51.6. The first-order chi connectivity index (χ1) is 35.5. The Morgan fingerprint density at radius 2 is 1.15 bits per heavy atom. The molecule has 0 spiro atoms. The number of anilines is 2. The molecular weight excluding hydrogens is 1210 g/mol. The number of carboxylic acid groups (broad SMARTS) is 2. The molecule has 4 rings (SSSR count). The summed E-state index contributed by atoms with van der Waals surface area (Å²) in [6.07, 6.45) is 3.77. The van der Waals surface area contributed by atoms with Gasteiger partial charge in [0.05, 0.1) is 13.2 Å². The summed E-state index contributed by atoms with van der Waals surface area (Å²) in [5.74, 6) is 3.55. The molecule has 2 heterocycles. The lowest BCUT2D eigenvalue weighted by molar-refractivity contribution is -0.139. The van der Waals surface area contributed by atoms with Gasteiger partial charge in [-0.15, -0.1) is 116 Å². The van der Waals surface area contributed by atoms with Gasteiger partial charge >= 0.3 is 27.3 Å². The number of hydrogen-bond acceptors (Lipinski definition) is 10. The van der Waals surface area contributed by atoms with Crippen LogP contribution in [-0.4, -0.2) is 200 Å². The van der Waals surface area contributed by atoms with Gasteiger partial charge < -0.3 is 39.7 Å². The third kappa shape index (κ3) is 33.6. The predicted molar refractivity (Wildman–Crippen MR) is 317 cm³/mol. The number of carboxylic acids is 2. The summed E-state index contributed by atoms with van der Waals surface area (Å²) < 4.78 is 38.4. The highest BCUT2D eigenvalue weighted by atomic mass is 35.5. The Hall–Kier alpha value is 0.0200. The Morgan fingerprint density at radius 1 is 0.676 bits per heavy atom. The molecule has 2 aliphatic heterocycles. The largest absolute Gasteiger partial charge is 0.481 e. The molecule has 0 aliphatic carbocycles. The van der Waals surface area contributed by atoms with Crippen LogP contribution < -0.4 is 25.7 Å². The number of nitrogens with one attached hydrogen (secondary N) is 2. The van der Waals surface area contributed by atoms with Crippen LogP contribution >= 0.6 is 131 Å². The molecule has 3 atom stereocenters. The first-order valence-electron chi connectivity index (χ1n) is 24.2. The van der Waals surface area contributed by atoms with Crippen LogP contribution in [-0.2, 0) is 40.6 Å². The first-order valence-corrected chi connectivity index (χ1v) is 32.7. The van der Waals surface area contributed by atoms with E-state index in [0.717, 1.165) is 94.1 Å². The van der Waals surface area contributed by atoms with Gasteiger partial charge in [-0.05, 0) is 74.5 Å². The molecule has 2 aromatic carbocycles. The zero-order chi connectivity index (χ0) is 55.6. The molecular formula is C46H78Cl10N8O8P2. The molecule has 2 unspecified atom stereocenters. The van der Waals surface area contributed by atoms with Crippen molar-refractivity contribution in [1.29, 1.82) is 0 Å². The van der Waals surface area contributed by atoms with Crippen LogP contribution in [0.25, 0.3) is 0 Å². The predicted octanol–water partition coefficient (Wildman–Crippen LogP) is 10.5. The van der Waals surface area contributed by atoms with Gasteiger partial charge in [0.2, 0.25) is 0 Å². The summed E-state index contributed by atoms with van der Waals surface area (Å²) in [6.45, 7) is 9.50. The maximum absolute atomic E-state index is 12.2. The van der Waals surface area contributed by atoms with Crippen LogP contribution in [0.2, 0.25) is 0 Å². The zero-order valence-electron chi connectivity index (χ0n) is 42.2. The Labute approximate surface area is 490 Å². The van der Waals surface area contributed by atoms with E-state index in [4.69, 9.17) is 141 Å². The summed E-state index contributed by atoms with van der Waals surface area (Å²) in [4.78, 5) is 27.5. The van der Waals surface area contributed by atoms with E-state index in [1.54, 1.807) is 9.34 Å². The van der Waals surface area contributed by atoms with Crippen LogP contribution in [0.1, 0.15) is 36.8 Å². The van der Waals surface area contributed by atoms with Crippen LogP contribution in [0.4, 0.5) is 11.4 Å². The summed E-state index contributed by atoms with van der Waals surface area (Å²) >= 11 is 56.3. The second kappa shape index (κ2) is 46.7. The van der Waals surface area contributed by atoms with E-state index in [2.05, 4.69) is 24.9 Å². The van der Waals surface area contributed by atoms with Gasteiger partial charge in [0.1, 0.15) is 6.04 Å². The number of nitrogens with two attached hydrogens (primary N) is 1. The smallest absolute Gasteiger partial charge is 0.343 e. The minimum absolute atomic E-state index is 0.215. The lowest BCUT2D eigenvalue weighted by atomic mass is 10.1. The highest BCUT2D eigenvalue weighted by molar-refractivity contribution is 7.54. The highest BCUT2D eigenvalue weighted by Gasteiger charge is 2.34. The van der Waals surface area contributed by atoms with Gasteiger partial charge in [0.25, 0.3) is 0 Å². The molecule has 2 aliphatic rings. The maximum atomic E-state index is 12.2. The van der Waals surface area contributed by atoms with Gasteiger partial charge in [0.15, 0.2) is 0 Å². The molecule has 0 amide bonds. The normalized spacial score (nSPS) is 17.8. The second-order valence-electron chi connectivity index (χ2n) is 16.0. The molecule has 74 heavy (non-hydrogen) atoms. The van der Waals surface area contributed by atoms with Gasteiger partial charge in [-0.2, -0.15) is 0 Å². The molecule has 0 aromatic heterocycles. The molecule has 28 heteroatoms. The number of rotatable bonds is 31. The average molecular weight is 1290 g/mol. The summed E-state index contributed by atoms with van der Waals surface area (Å²) in [5, 5.41) is 23.1. The average Bonchev–Trinajstić information content (AvgIpc) is 3.38. The topological polar surface area (TPSA) is 193 Å². The third-order valence-corrected chi connectivity index (χ3v) is 16.8. The van der Waals surface area contributed by atoms with Crippen LogP contribution in [0.5, 0.6) is 0 Å². The number of benzene rings is 2. The number of carbonyl (C=O) groups is 2. The van der Waals surface area contributed by atoms with E-state index in [1.807, 2.05) is 55.6 Å². The van der Waals surface area contributed by atoms with Gasteiger partial charge in [-0.25, -0.2) is 19.5 Å². The minimum Gasteiger partial charge on any atom is -0.481 e. The van der Waals surface area contributed by atoms with Crippen LogP contribution in [0, 0.1) is 0 Å². The Bertz CT molecular complexity index is 1770. The molecule has 0 radical (unpaired) electrons. The first kappa shape index (κ1) is 74.0. The molecule has 0 bridgehead atoms. The van der Waals surface area contributed by atoms with E-state index < -0.39 is 33.3 Å². The van der Waals surface area contributed by atoms with E-state index >= 15 is 0 Å². The summed E-state index contributed by atoms with van der Waals surface area (Å²) in [5.41, 5.74) is 9.67. The lowest BCUT2D eigenvalue weighted by Crippen LogP contribution is -2.36. The summed E-state index contributed by atoms with van der Waals surface area (Å²) in [7, 11) is -3.68. The third-order valence-electron chi connectivity index (χ3n) is 10.5. The molecule has 6 N–H and O–H groups in total. The molecule has 0 saturated carbocycles. The molecule has 2 fully saturated rings. The molecule has 2 aromatic rings. The van der Waals surface area contributed by atoms with Crippen molar-refractivity contribution in [3.05, 3.63) is 59.7 Å². The fourth-order valence-corrected chi connectivity index (χ4v) is 13.2. The standard InChI is InChI=1S/C14H19Cl2NO2.C13H18Cl2N2O2.2C7H15Cl2N2O2P.C5H11Cl2N/c15-8-10-17(11-9-16)13-6-4-12(5-7-13)2-1-3-14(18)19;14-5-7-17(8-6-15)11-3-1-10(2-4-11)9-12(16)13(18)19;8-2-4-10-14(12)11(6-3-9)5-1-7-13-14;8-2-5-11(6-3-9)14(12)10-4-1-7-13-14;1-8(4-2-6)5-3-7/h4-7H,1-3,8-11H2,(H,18,19);1-4,12H,5-9,16H2,(H,18,19);2*1-7H2,(H,10,12);2-5H2,1H3/t;12-;;;/m.0.../s1. The van der Waals surface area contributed by atoms with Crippen molar-refractivity contribution in [2.75, 3.05) is 167 Å². The van der Waals surface area contributed by atoms with Crippen molar-refractivity contribution >= 4 is 155 Å². The highest BCUT2D eigenvalue weighted by Crippen LogP contribution is 2.49. The summed E-state index contributed by atoms with van der Waals surface area (Å²) in [6, 6.07) is 14.9. The lowest BCUT2D eigenvalue weighted by Gasteiger charge is -2.34. The molecule has 16 nitrogen and oxygen atoms in total. The quantitative estimate of drug-likeness (QED) is 0.0353. The van der Waals surface area contributed by atoms with E-state index in [0.29, 0.717) is 111 Å². The minimum atomic E-state index is -2.84. The van der Waals surface area contributed by atoms with E-state index in [9.17, 15) is 18.7 Å². The SMILES string of the molecule is CN(CCCl)CCCl.N[C@@H](Cc1ccc(N(CCCl)CCCl)cc1)C(=O)O.O=C(O)CCCc1ccc(N(CCCl)CCCl)cc1.O=P1(N(CCCl)CCCl)NCCCO1.O=P1(NCCCl)OCCCN1CCCl. The van der Waals surface area contributed by atoms with Crippen molar-refractivity contribution in [2.24, 2.45) is 5.73 Å².